The second-order valence-electron chi connectivity index (χ2n) is 8.01. The molecule has 4 atom stereocenters. The van der Waals surface area contributed by atoms with Gasteiger partial charge < -0.3 is 15.4 Å². The molecule has 2 saturated heterocycles. The number of ether oxygens (including phenoxy) is 1. The number of carbonyl (C=O) groups is 3. The number of hydrogen-bond donors (Lipinski definition) is 2. The van der Waals surface area contributed by atoms with Crippen LogP contribution in [0.4, 0.5) is 5.69 Å². The molecule has 3 heterocycles. The van der Waals surface area contributed by atoms with Crippen molar-refractivity contribution in [2.45, 2.75) is 25.0 Å². The summed E-state index contributed by atoms with van der Waals surface area (Å²) in [5.74, 6) is -1.20. The van der Waals surface area contributed by atoms with Crippen molar-refractivity contribution >= 4 is 23.4 Å². The number of likely N-dealkylation sites (tertiary alicyclic amines) is 1. The average Bonchev–Trinajstić information content (AvgIpc) is 3.28. The van der Waals surface area contributed by atoms with Crippen LogP contribution in [0.3, 0.4) is 0 Å². The minimum Gasteiger partial charge on any atom is -0.497 e. The highest BCUT2D eigenvalue weighted by Crippen LogP contribution is 2.49. The first-order chi connectivity index (χ1) is 14.0. The predicted molar refractivity (Wildman–Crippen MR) is 104 cm³/mol. The molecular weight excluding hydrogens is 370 g/mol. The second kappa shape index (κ2) is 6.15. The molecule has 0 aromatic heterocycles. The van der Waals surface area contributed by atoms with Gasteiger partial charge in [0.05, 0.1) is 25.4 Å². The minimum absolute atomic E-state index is 0.172. The lowest BCUT2D eigenvalue weighted by molar-refractivity contribution is -0.730. The number of nitrogens with one attached hydrogen (secondary N) is 1. The highest BCUT2D eigenvalue weighted by Gasteiger charge is 2.73. The molecule has 0 radical (unpaired) electrons. The molecule has 0 saturated carbocycles. The van der Waals surface area contributed by atoms with E-state index in [-0.39, 0.29) is 30.3 Å². The van der Waals surface area contributed by atoms with E-state index in [9.17, 15) is 14.4 Å². The molecule has 3 aliphatic rings. The van der Waals surface area contributed by atoms with Gasteiger partial charge in [-0.15, -0.1) is 0 Å². The molecule has 3 amide bonds. The van der Waals surface area contributed by atoms with Crippen LogP contribution in [0.2, 0.25) is 0 Å². The molecule has 1 spiro atoms. The fourth-order valence-electron chi connectivity index (χ4n) is 5.23. The molecule has 0 unspecified atom stereocenters. The quantitative estimate of drug-likeness (QED) is 0.749. The van der Waals surface area contributed by atoms with E-state index in [2.05, 4.69) is 5.32 Å². The van der Waals surface area contributed by atoms with Crippen LogP contribution < -0.4 is 15.4 Å². The summed E-state index contributed by atoms with van der Waals surface area (Å²) in [4.78, 5) is 41.1. The van der Waals surface area contributed by atoms with Gasteiger partial charge in [0.2, 0.25) is 17.4 Å². The van der Waals surface area contributed by atoms with Crippen LogP contribution in [-0.4, -0.2) is 35.8 Å². The monoisotopic (exact) mass is 392 g/mol. The number of imide groups is 1. The van der Waals surface area contributed by atoms with Gasteiger partial charge in [-0.05, 0) is 30.7 Å². The zero-order valence-electron chi connectivity index (χ0n) is 16.2. The van der Waals surface area contributed by atoms with Gasteiger partial charge in [-0.3, -0.25) is 19.3 Å². The first-order valence-electron chi connectivity index (χ1n) is 9.72. The number of quaternary nitrogens is 1. The standard InChI is InChI=1S/C22H21N3O4/c1-12-17-18(22(24-12)15-5-3-4-6-16(15)23-21(22)28)20(27)25(19(17)26)11-13-7-9-14(29-2)10-8-13/h3-10,12,17-18,24H,11H2,1-2H3,(H,23,28)/p+1/t12-,17+,18+,22-/m0/s1. The number of methoxy groups -OCH3 is 1. The Morgan fingerprint density at radius 2 is 1.79 bits per heavy atom. The third-order valence-electron chi connectivity index (χ3n) is 6.52. The summed E-state index contributed by atoms with van der Waals surface area (Å²) < 4.78 is 5.17. The molecule has 29 heavy (non-hydrogen) atoms. The number of para-hydroxylation sites is 1. The zero-order chi connectivity index (χ0) is 20.3. The van der Waals surface area contributed by atoms with Gasteiger partial charge in [0.1, 0.15) is 17.6 Å². The van der Waals surface area contributed by atoms with E-state index in [1.54, 1.807) is 19.2 Å². The number of fused-ring (bicyclic) bond motifs is 4. The van der Waals surface area contributed by atoms with Gasteiger partial charge >= 0.3 is 0 Å². The van der Waals surface area contributed by atoms with E-state index >= 15 is 0 Å². The number of rotatable bonds is 3. The van der Waals surface area contributed by atoms with Crippen molar-refractivity contribution in [1.82, 2.24) is 4.90 Å². The van der Waals surface area contributed by atoms with Crippen LogP contribution in [0.15, 0.2) is 48.5 Å². The minimum atomic E-state index is -1.08. The topological polar surface area (TPSA) is 92.3 Å². The first-order valence-corrected chi connectivity index (χ1v) is 9.72. The summed E-state index contributed by atoms with van der Waals surface area (Å²) in [6, 6.07) is 14.6. The smallest absolute Gasteiger partial charge is 0.291 e. The Morgan fingerprint density at radius 1 is 1.07 bits per heavy atom. The Balaban J connectivity index is 1.53. The number of anilines is 1. The van der Waals surface area contributed by atoms with Crippen molar-refractivity contribution < 1.29 is 24.4 Å². The molecule has 3 aliphatic heterocycles. The van der Waals surface area contributed by atoms with Gasteiger partial charge in [0.15, 0.2) is 0 Å². The lowest BCUT2D eigenvalue weighted by Gasteiger charge is -2.25. The van der Waals surface area contributed by atoms with Gasteiger partial charge in [-0.2, -0.15) is 0 Å². The van der Waals surface area contributed by atoms with Crippen molar-refractivity contribution in [3.8, 4) is 5.75 Å². The molecule has 2 aromatic carbocycles. The third-order valence-corrected chi connectivity index (χ3v) is 6.52. The van der Waals surface area contributed by atoms with Gasteiger partial charge in [-0.1, -0.05) is 30.3 Å². The van der Waals surface area contributed by atoms with Gasteiger partial charge in [0.25, 0.3) is 5.91 Å². The second-order valence-corrected chi connectivity index (χ2v) is 8.01. The van der Waals surface area contributed by atoms with Crippen molar-refractivity contribution in [2.75, 3.05) is 12.4 Å². The molecule has 3 N–H and O–H groups in total. The molecule has 7 nitrogen and oxygen atoms in total. The lowest BCUT2D eigenvalue weighted by atomic mass is 9.76. The molecule has 148 valence electrons. The Kier molecular flexibility index (Phi) is 3.79. The number of nitrogens with zero attached hydrogens (tertiary/aromatic N) is 1. The summed E-state index contributed by atoms with van der Waals surface area (Å²) in [5.41, 5.74) is 1.27. The average molecular weight is 392 g/mol. The maximum Gasteiger partial charge on any atom is 0.291 e. The Morgan fingerprint density at radius 3 is 2.52 bits per heavy atom. The van der Waals surface area contributed by atoms with Crippen LogP contribution in [0.25, 0.3) is 0 Å². The normalized spacial score (nSPS) is 29.9. The highest BCUT2D eigenvalue weighted by molar-refractivity contribution is 6.13. The van der Waals surface area contributed by atoms with Crippen molar-refractivity contribution in [2.24, 2.45) is 11.8 Å². The van der Waals surface area contributed by atoms with E-state index < -0.39 is 17.4 Å². The summed E-state index contributed by atoms with van der Waals surface area (Å²) in [5, 5.41) is 4.82. The van der Waals surface area contributed by atoms with Crippen LogP contribution in [-0.2, 0) is 26.5 Å². The highest BCUT2D eigenvalue weighted by atomic mass is 16.5. The van der Waals surface area contributed by atoms with Crippen molar-refractivity contribution in [3.05, 3.63) is 59.7 Å². The molecule has 2 fully saturated rings. The Bertz CT molecular complexity index is 1030. The fraction of sp³-hybridized carbons (Fsp3) is 0.318. The number of carbonyl (C=O) groups excluding carboxylic acids is 3. The number of nitrogens with two attached hydrogens (primary N) is 1. The number of hydrogen-bond acceptors (Lipinski definition) is 4. The Labute approximate surface area is 168 Å². The summed E-state index contributed by atoms with van der Waals surface area (Å²) in [7, 11) is 1.59. The van der Waals surface area contributed by atoms with Gasteiger partial charge in [-0.25, -0.2) is 0 Å². The van der Waals surface area contributed by atoms with Crippen LogP contribution >= 0.6 is 0 Å². The van der Waals surface area contributed by atoms with Crippen molar-refractivity contribution in [1.29, 1.82) is 0 Å². The molecule has 7 heteroatoms. The van der Waals surface area contributed by atoms with Crippen LogP contribution in [0.5, 0.6) is 5.75 Å². The molecule has 5 rings (SSSR count). The lowest BCUT2D eigenvalue weighted by Crippen LogP contribution is -2.98. The largest absolute Gasteiger partial charge is 0.497 e. The van der Waals surface area contributed by atoms with E-state index in [4.69, 9.17) is 4.74 Å². The summed E-state index contributed by atoms with van der Waals surface area (Å²) in [6.45, 7) is 2.11. The summed E-state index contributed by atoms with van der Waals surface area (Å²) >= 11 is 0. The van der Waals surface area contributed by atoms with Crippen LogP contribution in [0, 0.1) is 11.8 Å². The fourth-order valence-corrected chi connectivity index (χ4v) is 5.23. The van der Waals surface area contributed by atoms with Crippen LogP contribution in [0.1, 0.15) is 18.1 Å². The van der Waals surface area contributed by atoms with E-state index in [0.717, 1.165) is 16.8 Å². The maximum atomic E-state index is 13.5. The first kappa shape index (κ1) is 17.9. The third kappa shape index (κ3) is 2.31. The van der Waals surface area contributed by atoms with Crippen molar-refractivity contribution in [3.63, 3.8) is 0 Å². The van der Waals surface area contributed by atoms with E-state index in [1.807, 2.05) is 48.6 Å². The molecule has 0 bridgehead atoms. The number of benzene rings is 2. The van der Waals surface area contributed by atoms with E-state index in [1.165, 1.54) is 4.90 Å². The number of amides is 3. The van der Waals surface area contributed by atoms with E-state index in [0.29, 0.717) is 5.75 Å². The molecule has 2 aromatic rings. The molecular formula is C22H22N3O4+. The Hall–Kier alpha value is -3.19. The predicted octanol–water partition coefficient (Wildman–Crippen LogP) is 0.610. The van der Waals surface area contributed by atoms with Gasteiger partial charge in [0, 0.05) is 5.56 Å². The molecule has 0 aliphatic carbocycles. The SMILES string of the molecule is COc1ccc(CN2C(=O)[C@@H]3[C@H](C)[NH2+][C@]4(C(=O)Nc5ccccc54)[C@H]3C2=O)cc1. The zero-order valence-corrected chi connectivity index (χ0v) is 16.2. The summed E-state index contributed by atoms with van der Waals surface area (Å²) in [6.07, 6.45) is 0. The maximum absolute atomic E-state index is 13.5.